The van der Waals surface area contributed by atoms with E-state index in [0.717, 1.165) is 25.6 Å². The Labute approximate surface area is 156 Å². The Kier molecular flexibility index (Phi) is 10.9. The fourth-order valence-corrected chi connectivity index (χ4v) is 2.32. The molecule has 0 spiro atoms. The van der Waals surface area contributed by atoms with Gasteiger partial charge in [0.25, 0.3) is 0 Å². The van der Waals surface area contributed by atoms with Crippen LogP contribution in [0.1, 0.15) is 34.1 Å². The lowest BCUT2D eigenvalue weighted by molar-refractivity contribution is -0.130. The number of carbonyl (C=O) groups is 2. The van der Waals surface area contributed by atoms with Gasteiger partial charge in [0.15, 0.2) is 5.96 Å². The highest BCUT2D eigenvalue weighted by Crippen LogP contribution is 2.03. The van der Waals surface area contributed by atoms with Crippen LogP contribution in [0.2, 0.25) is 0 Å². The molecule has 0 unspecified atom stereocenters. The van der Waals surface area contributed by atoms with Crippen molar-refractivity contribution in [1.82, 2.24) is 20.4 Å². The van der Waals surface area contributed by atoms with Gasteiger partial charge in [-0.15, -0.1) is 24.0 Å². The molecule has 23 heavy (non-hydrogen) atoms. The number of nitrogens with zero attached hydrogens (tertiary/aromatic N) is 3. The van der Waals surface area contributed by atoms with Crippen LogP contribution in [-0.4, -0.2) is 72.9 Å². The average molecular weight is 439 g/mol. The lowest BCUT2D eigenvalue weighted by Crippen LogP contribution is -2.53. The first kappa shape index (κ1) is 21.9. The number of amides is 2. The number of rotatable bonds is 5. The van der Waals surface area contributed by atoms with Crippen LogP contribution in [0.3, 0.4) is 0 Å². The van der Waals surface area contributed by atoms with Gasteiger partial charge in [-0.25, -0.2) is 0 Å². The van der Waals surface area contributed by atoms with Crippen molar-refractivity contribution in [3.63, 3.8) is 0 Å². The molecule has 0 saturated carbocycles. The van der Waals surface area contributed by atoms with E-state index in [2.05, 4.69) is 20.5 Å². The van der Waals surface area contributed by atoms with E-state index in [4.69, 9.17) is 0 Å². The van der Waals surface area contributed by atoms with E-state index in [1.54, 1.807) is 6.92 Å². The predicted molar refractivity (Wildman–Crippen MR) is 103 cm³/mol. The Morgan fingerprint density at radius 3 is 2.17 bits per heavy atom. The number of piperazine rings is 1. The highest BCUT2D eigenvalue weighted by atomic mass is 127. The quantitative estimate of drug-likeness (QED) is 0.375. The van der Waals surface area contributed by atoms with E-state index in [0.29, 0.717) is 26.1 Å². The van der Waals surface area contributed by atoms with E-state index in [1.807, 2.05) is 25.7 Å². The second kappa shape index (κ2) is 11.5. The van der Waals surface area contributed by atoms with Gasteiger partial charge < -0.3 is 20.4 Å². The number of guanidine groups is 1. The van der Waals surface area contributed by atoms with Gasteiger partial charge >= 0.3 is 0 Å². The van der Waals surface area contributed by atoms with E-state index in [9.17, 15) is 9.59 Å². The van der Waals surface area contributed by atoms with Crippen molar-refractivity contribution in [2.24, 2.45) is 4.99 Å². The van der Waals surface area contributed by atoms with Gasteiger partial charge in [-0.1, -0.05) is 0 Å². The van der Waals surface area contributed by atoms with Gasteiger partial charge in [-0.2, -0.15) is 0 Å². The fraction of sp³-hybridized carbons (Fsp3) is 0.800. The van der Waals surface area contributed by atoms with Crippen molar-refractivity contribution in [3.8, 4) is 0 Å². The first-order valence-electron chi connectivity index (χ1n) is 8.02. The molecule has 1 aliphatic rings. The average Bonchev–Trinajstić information content (AvgIpc) is 2.45. The molecule has 0 aliphatic carbocycles. The molecule has 1 rings (SSSR count). The summed E-state index contributed by atoms with van der Waals surface area (Å²) in [4.78, 5) is 31.5. The van der Waals surface area contributed by atoms with Crippen molar-refractivity contribution < 1.29 is 9.59 Å². The molecule has 0 aromatic rings. The minimum Gasteiger partial charge on any atom is -0.357 e. The van der Waals surface area contributed by atoms with Crippen LogP contribution >= 0.6 is 24.0 Å². The molecule has 1 heterocycles. The van der Waals surface area contributed by atoms with E-state index in [-0.39, 0.29) is 41.8 Å². The van der Waals surface area contributed by atoms with Crippen LogP contribution in [0.25, 0.3) is 0 Å². The molecule has 0 atom stereocenters. The summed E-state index contributed by atoms with van der Waals surface area (Å²) in [6.07, 6.45) is 0.389. The number of hydrogen-bond acceptors (Lipinski definition) is 3. The summed E-state index contributed by atoms with van der Waals surface area (Å²) < 4.78 is 0. The Morgan fingerprint density at radius 2 is 1.70 bits per heavy atom. The second-order valence-corrected chi connectivity index (χ2v) is 5.70. The molecule has 0 radical (unpaired) electrons. The molecule has 2 amide bonds. The van der Waals surface area contributed by atoms with Gasteiger partial charge in [0.2, 0.25) is 11.8 Å². The Bertz CT molecular complexity index is 407. The smallest absolute Gasteiger partial charge is 0.222 e. The van der Waals surface area contributed by atoms with Crippen LogP contribution in [0, 0.1) is 0 Å². The van der Waals surface area contributed by atoms with Gasteiger partial charge in [0.05, 0.1) is 6.54 Å². The molecule has 134 valence electrons. The Balaban J connectivity index is 0.00000484. The zero-order chi connectivity index (χ0) is 16.5. The molecule has 1 fully saturated rings. The zero-order valence-electron chi connectivity index (χ0n) is 14.6. The van der Waals surface area contributed by atoms with Crippen LogP contribution in [0.15, 0.2) is 4.99 Å². The molecular weight excluding hydrogens is 409 g/mol. The summed E-state index contributed by atoms with van der Waals surface area (Å²) in [6, 6.07) is 0.157. The molecule has 1 saturated heterocycles. The summed E-state index contributed by atoms with van der Waals surface area (Å²) in [5.41, 5.74) is 0. The van der Waals surface area contributed by atoms with Gasteiger partial charge in [-0.05, 0) is 20.8 Å². The van der Waals surface area contributed by atoms with E-state index < -0.39 is 0 Å². The zero-order valence-corrected chi connectivity index (χ0v) is 16.9. The van der Waals surface area contributed by atoms with Crippen LogP contribution in [-0.2, 0) is 9.59 Å². The number of carbonyl (C=O) groups excluding carboxylic acids is 2. The summed E-state index contributed by atoms with van der Waals surface area (Å²) in [6.45, 7) is 11.7. The first-order chi connectivity index (χ1) is 10.4. The normalized spacial score (nSPS) is 15.3. The van der Waals surface area contributed by atoms with Crippen LogP contribution in [0.5, 0.6) is 0 Å². The fourth-order valence-electron chi connectivity index (χ4n) is 2.32. The third kappa shape index (κ3) is 8.38. The van der Waals surface area contributed by atoms with E-state index >= 15 is 0 Å². The summed E-state index contributed by atoms with van der Waals surface area (Å²) in [5.74, 6) is 0.964. The van der Waals surface area contributed by atoms with Crippen molar-refractivity contribution in [3.05, 3.63) is 0 Å². The van der Waals surface area contributed by atoms with E-state index in [1.165, 1.54) is 0 Å². The molecule has 8 heteroatoms. The molecule has 2 N–H and O–H groups in total. The van der Waals surface area contributed by atoms with Gasteiger partial charge in [0.1, 0.15) is 0 Å². The topological polar surface area (TPSA) is 77.0 Å². The molecule has 1 aliphatic heterocycles. The minimum absolute atomic E-state index is 0. The predicted octanol–water partition coefficient (Wildman–Crippen LogP) is 0.649. The third-order valence-electron chi connectivity index (χ3n) is 3.41. The van der Waals surface area contributed by atoms with Crippen molar-refractivity contribution >= 4 is 41.8 Å². The number of aliphatic imine (C=N–C) groups is 1. The lowest BCUT2D eigenvalue weighted by Gasteiger charge is -2.36. The monoisotopic (exact) mass is 439 g/mol. The van der Waals surface area contributed by atoms with Crippen molar-refractivity contribution in [2.45, 2.75) is 40.2 Å². The van der Waals surface area contributed by atoms with Crippen LogP contribution in [0.4, 0.5) is 0 Å². The molecule has 0 aromatic carbocycles. The van der Waals surface area contributed by atoms with Crippen molar-refractivity contribution in [2.75, 3.05) is 39.3 Å². The molecular formula is C15H30IN5O2. The standard InChI is InChI=1S/C15H29N5O2.HI/c1-5-16-15(17-7-6-14(22)18-12(2)3)20-10-8-19(9-11-20)13(4)21;/h12H,5-11H2,1-4H3,(H,16,17)(H,18,22);1H. The largest absolute Gasteiger partial charge is 0.357 e. The molecule has 0 bridgehead atoms. The van der Waals surface area contributed by atoms with Crippen molar-refractivity contribution in [1.29, 1.82) is 0 Å². The maximum absolute atomic E-state index is 11.6. The minimum atomic E-state index is 0. The molecule has 7 nitrogen and oxygen atoms in total. The number of hydrogen-bond donors (Lipinski definition) is 2. The Hall–Kier alpha value is -1.06. The Morgan fingerprint density at radius 1 is 1.13 bits per heavy atom. The second-order valence-electron chi connectivity index (χ2n) is 5.70. The molecule has 0 aromatic heterocycles. The summed E-state index contributed by atoms with van der Waals surface area (Å²) >= 11 is 0. The van der Waals surface area contributed by atoms with Gasteiger partial charge in [-0.3, -0.25) is 14.6 Å². The maximum atomic E-state index is 11.6. The highest BCUT2D eigenvalue weighted by molar-refractivity contribution is 14.0. The third-order valence-corrected chi connectivity index (χ3v) is 3.41. The highest BCUT2D eigenvalue weighted by Gasteiger charge is 2.20. The maximum Gasteiger partial charge on any atom is 0.222 e. The summed E-state index contributed by atoms with van der Waals surface area (Å²) in [5, 5.41) is 6.11. The van der Waals surface area contributed by atoms with Crippen LogP contribution < -0.4 is 10.6 Å². The lowest BCUT2D eigenvalue weighted by atomic mass is 10.3. The summed E-state index contributed by atoms with van der Waals surface area (Å²) in [7, 11) is 0. The van der Waals surface area contributed by atoms with Gasteiger partial charge in [0, 0.05) is 52.1 Å². The number of nitrogens with one attached hydrogen (secondary N) is 2. The number of halogens is 1. The first-order valence-corrected chi connectivity index (χ1v) is 8.02. The SMILES string of the molecule is CCNC(=NCCC(=O)NC(C)C)N1CCN(C(C)=O)CC1.I.